The number of benzene rings is 1. The molecular weight excluding hydrogens is 536 g/mol. The van der Waals surface area contributed by atoms with E-state index in [1.54, 1.807) is 0 Å². The van der Waals surface area contributed by atoms with Gasteiger partial charge >= 0.3 is 11.9 Å². The van der Waals surface area contributed by atoms with E-state index in [0.717, 1.165) is 31.2 Å². The van der Waals surface area contributed by atoms with Gasteiger partial charge in [0.05, 0.1) is 19.4 Å². The highest BCUT2D eigenvalue weighted by molar-refractivity contribution is 5.71. The standard InChI is InChI=1S/C34H38O8/c1-4-6-8-10-12-14-19-23-28(35)40-31-30-27(25-38-33(42-30)26-21-17-16-18-22-26)39-34(37-3)32(31)41-29(36)24-20-15-13-11-9-7-5-2/h16-18,21-22,27,30-34H,4-7,19-20,23-25H2,1-3H3/t27-,30-,31+,32-,33-,34+/m1/s1. The summed E-state index contributed by atoms with van der Waals surface area (Å²) in [6.45, 7) is 4.25. The summed E-state index contributed by atoms with van der Waals surface area (Å²) in [6.07, 6.45) is -1.16. The first-order valence-electron chi connectivity index (χ1n) is 14.4. The topological polar surface area (TPSA) is 89.5 Å². The van der Waals surface area contributed by atoms with E-state index in [2.05, 4.69) is 47.4 Å². The van der Waals surface area contributed by atoms with Crippen LogP contribution in [-0.2, 0) is 38.0 Å². The van der Waals surface area contributed by atoms with Gasteiger partial charge in [-0.3, -0.25) is 9.59 Å². The zero-order valence-corrected chi connectivity index (χ0v) is 24.5. The lowest BCUT2D eigenvalue weighted by atomic mass is 9.97. The summed E-state index contributed by atoms with van der Waals surface area (Å²) in [7, 11) is 1.43. The first-order chi connectivity index (χ1) is 20.6. The number of carbonyl (C=O) groups excluding carboxylic acids is 2. The predicted molar refractivity (Wildman–Crippen MR) is 155 cm³/mol. The molecule has 2 fully saturated rings. The number of hydrogen-bond donors (Lipinski definition) is 0. The molecule has 2 heterocycles. The molecular formula is C34H38O8. The highest BCUT2D eigenvalue weighted by atomic mass is 16.8. The van der Waals surface area contributed by atoms with Crippen molar-refractivity contribution in [3.05, 3.63) is 35.9 Å². The first-order valence-corrected chi connectivity index (χ1v) is 14.4. The molecule has 0 saturated carbocycles. The summed E-state index contributed by atoms with van der Waals surface area (Å²) in [6, 6.07) is 9.39. The quantitative estimate of drug-likeness (QED) is 0.299. The van der Waals surface area contributed by atoms with Crippen LogP contribution in [0, 0.1) is 47.4 Å². The Bertz CT molecular complexity index is 1260. The maximum absolute atomic E-state index is 13.0. The van der Waals surface area contributed by atoms with E-state index in [0.29, 0.717) is 0 Å². The van der Waals surface area contributed by atoms with Crippen molar-refractivity contribution in [1.82, 2.24) is 0 Å². The fourth-order valence-electron chi connectivity index (χ4n) is 4.20. The van der Waals surface area contributed by atoms with Crippen molar-refractivity contribution >= 4 is 11.9 Å². The molecule has 1 aromatic rings. The highest BCUT2D eigenvalue weighted by Gasteiger charge is 2.54. The summed E-state index contributed by atoms with van der Waals surface area (Å²) >= 11 is 0. The van der Waals surface area contributed by atoms with Crippen LogP contribution in [0.2, 0.25) is 0 Å². The van der Waals surface area contributed by atoms with E-state index in [1.165, 1.54) is 7.11 Å². The van der Waals surface area contributed by atoms with Gasteiger partial charge in [-0.25, -0.2) is 0 Å². The molecule has 42 heavy (non-hydrogen) atoms. The molecule has 0 radical (unpaired) electrons. The number of ether oxygens (including phenoxy) is 6. The van der Waals surface area contributed by atoms with Crippen LogP contribution < -0.4 is 0 Å². The second kappa shape index (κ2) is 18.6. The summed E-state index contributed by atoms with van der Waals surface area (Å²) in [5.74, 6) is 21.6. The second-order valence-corrected chi connectivity index (χ2v) is 9.57. The van der Waals surface area contributed by atoms with Gasteiger partial charge in [-0.05, 0) is 36.5 Å². The lowest BCUT2D eigenvalue weighted by Crippen LogP contribution is -2.64. The number of methoxy groups -OCH3 is 1. The Labute approximate surface area is 249 Å². The van der Waals surface area contributed by atoms with E-state index in [9.17, 15) is 9.59 Å². The Balaban J connectivity index is 1.74. The number of fused-ring (bicyclic) bond motifs is 1. The Hall–Kier alpha value is -3.76. The number of esters is 2. The van der Waals surface area contributed by atoms with Crippen LogP contribution in [0.3, 0.4) is 0 Å². The van der Waals surface area contributed by atoms with E-state index in [1.807, 2.05) is 44.2 Å². The van der Waals surface area contributed by atoms with Gasteiger partial charge in [-0.15, -0.1) is 0 Å². The third kappa shape index (κ3) is 10.6. The normalized spacial score (nSPS) is 24.0. The molecule has 0 bridgehead atoms. The molecule has 2 saturated heterocycles. The van der Waals surface area contributed by atoms with Crippen LogP contribution in [0.1, 0.15) is 77.1 Å². The van der Waals surface area contributed by atoms with Crippen LogP contribution in [0.5, 0.6) is 0 Å². The van der Waals surface area contributed by atoms with Crippen LogP contribution in [0.4, 0.5) is 0 Å². The van der Waals surface area contributed by atoms with Crippen LogP contribution in [0.25, 0.3) is 0 Å². The minimum atomic E-state index is -1.08. The lowest BCUT2D eigenvalue weighted by molar-refractivity contribution is -0.359. The molecule has 0 spiro atoms. The van der Waals surface area contributed by atoms with Crippen LogP contribution in [0.15, 0.2) is 30.3 Å². The van der Waals surface area contributed by atoms with E-state index in [-0.39, 0.29) is 32.3 Å². The Morgan fingerprint density at radius 2 is 1.33 bits per heavy atom. The Kier molecular flexibility index (Phi) is 14.5. The SMILES string of the molecule is CCCC#CC#CCCC(=O)O[C@@H]1[C@@H](OC(=O)CCC#CC#CCCC)[C@@H](OC)O[C@@H]2CO[C@@H](c3ccccc3)O[C@@H]12. The average molecular weight is 575 g/mol. The van der Waals surface area contributed by atoms with Crippen molar-refractivity contribution in [2.45, 2.75) is 102 Å². The van der Waals surface area contributed by atoms with Crippen LogP contribution >= 0.6 is 0 Å². The zero-order chi connectivity index (χ0) is 30.0. The molecule has 2 aliphatic rings. The maximum Gasteiger partial charge on any atom is 0.307 e. The van der Waals surface area contributed by atoms with E-state index in [4.69, 9.17) is 28.4 Å². The molecule has 8 nitrogen and oxygen atoms in total. The molecule has 3 rings (SSSR count). The van der Waals surface area contributed by atoms with Gasteiger partial charge in [-0.1, -0.05) is 67.9 Å². The molecule has 0 unspecified atom stereocenters. The van der Waals surface area contributed by atoms with Crippen molar-refractivity contribution in [1.29, 1.82) is 0 Å². The fourth-order valence-corrected chi connectivity index (χ4v) is 4.20. The molecule has 6 atom stereocenters. The Morgan fingerprint density at radius 1 is 0.786 bits per heavy atom. The number of unbranched alkanes of at least 4 members (excludes halogenated alkanes) is 2. The van der Waals surface area contributed by atoms with Crippen molar-refractivity contribution in [3.63, 3.8) is 0 Å². The molecule has 0 aliphatic carbocycles. The second-order valence-electron chi connectivity index (χ2n) is 9.57. The molecule has 0 N–H and O–H groups in total. The maximum atomic E-state index is 13.0. The van der Waals surface area contributed by atoms with E-state index >= 15 is 0 Å². The summed E-state index contributed by atoms with van der Waals surface area (Å²) < 4.78 is 35.4. The Morgan fingerprint density at radius 3 is 1.88 bits per heavy atom. The number of rotatable bonds is 10. The van der Waals surface area contributed by atoms with Crippen molar-refractivity contribution in [2.75, 3.05) is 13.7 Å². The van der Waals surface area contributed by atoms with Crippen molar-refractivity contribution < 1.29 is 38.0 Å². The predicted octanol–water partition coefficient (Wildman–Crippen LogP) is 4.47. The minimum absolute atomic E-state index is 0.0232. The van der Waals surface area contributed by atoms with Gasteiger partial charge in [0.2, 0.25) is 0 Å². The lowest BCUT2D eigenvalue weighted by Gasteiger charge is -2.47. The van der Waals surface area contributed by atoms with Gasteiger partial charge in [0.1, 0.15) is 12.2 Å². The largest absolute Gasteiger partial charge is 0.455 e. The smallest absolute Gasteiger partial charge is 0.307 e. The molecule has 0 aromatic heterocycles. The van der Waals surface area contributed by atoms with Crippen LogP contribution in [-0.4, -0.2) is 56.4 Å². The van der Waals surface area contributed by atoms with Crippen molar-refractivity contribution in [2.24, 2.45) is 0 Å². The number of carbonyl (C=O) groups is 2. The summed E-state index contributed by atoms with van der Waals surface area (Å²) in [5.41, 5.74) is 0.795. The van der Waals surface area contributed by atoms with Gasteiger partial charge in [0, 0.05) is 38.4 Å². The van der Waals surface area contributed by atoms with Gasteiger partial charge < -0.3 is 28.4 Å². The first kappa shape index (κ1) is 32.8. The fraction of sp³-hybridized carbons (Fsp3) is 0.529. The van der Waals surface area contributed by atoms with Gasteiger partial charge in [0.15, 0.2) is 24.8 Å². The summed E-state index contributed by atoms with van der Waals surface area (Å²) in [4.78, 5) is 25.8. The molecule has 8 heteroatoms. The van der Waals surface area contributed by atoms with Gasteiger partial charge in [0.25, 0.3) is 0 Å². The number of hydrogen-bond acceptors (Lipinski definition) is 8. The molecule has 222 valence electrons. The molecule has 1 aromatic carbocycles. The highest BCUT2D eigenvalue weighted by Crippen LogP contribution is 2.36. The minimum Gasteiger partial charge on any atom is -0.455 e. The van der Waals surface area contributed by atoms with Gasteiger partial charge in [-0.2, -0.15) is 0 Å². The third-order valence-corrected chi connectivity index (χ3v) is 6.26. The summed E-state index contributed by atoms with van der Waals surface area (Å²) in [5, 5.41) is 0. The van der Waals surface area contributed by atoms with Crippen molar-refractivity contribution in [3.8, 4) is 47.4 Å². The molecule has 0 amide bonds. The van der Waals surface area contributed by atoms with E-state index < -0.39 is 48.9 Å². The third-order valence-electron chi connectivity index (χ3n) is 6.26. The zero-order valence-electron chi connectivity index (χ0n) is 24.5. The molecule has 2 aliphatic heterocycles. The monoisotopic (exact) mass is 574 g/mol. The average Bonchev–Trinajstić information content (AvgIpc) is 3.01.